The monoisotopic (exact) mass is 238 g/mol. The number of halogens is 3. The van der Waals surface area contributed by atoms with Gasteiger partial charge < -0.3 is 10.6 Å². The first-order valence-electron chi connectivity index (χ1n) is 5.42. The first-order valence-corrected chi connectivity index (χ1v) is 5.42. The SMILES string of the molecule is CCC(C)NCC(=O)NC1(C(F)(F)F)CC1. The van der Waals surface area contributed by atoms with Gasteiger partial charge in [-0.2, -0.15) is 13.2 Å². The maximum atomic E-state index is 12.5. The van der Waals surface area contributed by atoms with Crippen LogP contribution in [0.15, 0.2) is 0 Å². The van der Waals surface area contributed by atoms with Gasteiger partial charge in [-0.15, -0.1) is 0 Å². The molecule has 1 atom stereocenters. The van der Waals surface area contributed by atoms with Crippen LogP contribution in [-0.4, -0.2) is 30.2 Å². The zero-order valence-electron chi connectivity index (χ0n) is 9.45. The fraction of sp³-hybridized carbons (Fsp3) is 0.900. The third-order valence-electron chi connectivity index (χ3n) is 2.89. The molecule has 1 unspecified atom stereocenters. The number of carbonyl (C=O) groups is 1. The lowest BCUT2D eigenvalue weighted by molar-refractivity contribution is -0.170. The molecule has 0 aliphatic heterocycles. The van der Waals surface area contributed by atoms with Crippen LogP contribution in [0.2, 0.25) is 0 Å². The van der Waals surface area contributed by atoms with Crippen LogP contribution in [0, 0.1) is 0 Å². The highest BCUT2D eigenvalue weighted by Crippen LogP contribution is 2.48. The Bertz CT molecular complexity index is 261. The summed E-state index contributed by atoms with van der Waals surface area (Å²) in [5, 5.41) is 4.91. The molecule has 1 saturated carbocycles. The van der Waals surface area contributed by atoms with Gasteiger partial charge in [0.2, 0.25) is 5.91 Å². The maximum absolute atomic E-state index is 12.5. The minimum Gasteiger partial charge on any atom is -0.341 e. The normalized spacial score (nSPS) is 20.3. The first kappa shape index (κ1) is 13.3. The van der Waals surface area contributed by atoms with E-state index < -0.39 is 17.6 Å². The van der Waals surface area contributed by atoms with Gasteiger partial charge in [-0.05, 0) is 26.2 Å². The number of alkyl halides is 3. The topological polar surface area (TPSA) is 41.1 Å². The predicted molar refractivity (Wildman–Crippen MR) is 53.9 cm³/mol. The first-order chi connectivity index (χ1) is 7.31. The van der Waals surface area contributed by atoms with Crippen molar-refractivity contribution in [3.63, 3.8) is 0 Å². The van der Waals surface area contributed by atoms with E-state index in [1.807, 2.05) is 13.8 Å². The fourth-order valence-corrected chi connectivity index (χ4v) is 1.33. The molecule has 0 aromatic carbocycles. The van der Waals surface area contributed by atoms with Crippen LogP contribution in [0.3, 0.4) is 0 Å². The number of amides is 1. The van der Waals surface area contributed by atoms with E-state index in [-0.39, 0.29) is 25.4 Å². The van der Waals surface area contributed by atoms with E-state index in [2.05, 4.69) is 10.6 Å². The second-order valence-electron chi connectivity index (χ2n) is 4.32. The van der Waals surface area contributed by atoms with Crippen molar-refractivity contribution in [3.8, 4) is 0 Å². The lowest BCUT2D eigenvalue weighted by atomic mass is 10.2. The average Bonchev–Trinajstić information content (AvgIpc) is 2.94. The molecule has 0 aromatic heterocycles. The van der Waals surface area contributed by atoms with Crippen LogP contribution in [0.5, 0.6) is 0 Å². The summed E-state index contributed by atoms with van der Waals surface area (Å²) in [4.78, 5) is 11.3. The molecule has 0 saturated heterocycles. The van der Waals surface area contributed by atoms with Crippen LogP contribution in [0.25, 0.3) is 0 Å². The van der Waals surface area contributed by atoms with Crippen LogP contribution in [0.4, 0.5) is 13.2 Å². The molecule has 94 valence electrons. The molecule has 3 nitrogen and oxygen atoms in total. The molecular weight excluding hydrogens is 221 g/mol. The van der Waals surface area contributed by atoms with Gasteiger partial charge in [-0.25, -0.2) is 0 Å². The van der Waals surface area contributed by atoms with E-state index in [1.165, 1.54) is 0 Å². The average molecular weight is 238 g/mol. The van der Waals surface area contributed by atoms with Crippen molar-refractivity contribution in [3.05, 3.63) is 0 Å². The van der Waals surface area contributed by atoms with Gasteiger partial charge in [0.05, 0.1) is 6.54 Å². The third-order valence-corrected chi connectivity index (χ3v) is 2.89. The zero-order chi connectivity index (χ0) is 12.4. The number of rotatable bonds is 5. The van der Waals surface area contributed by atoms with Gasteiger partial charge in [0.1, 0.15) is 5.54 Å². The molecule has 1 aliphatic carbocycles. The number of carbonyl (C=O) groups excluding carboxylic acids is 1. The minimum absolute atomic E-state index is 0.00836. The Morgan fingerprint density at radius 2 is 2.00 bits per heavy atom. The highest BCUT2D eigenvalue weighted by molar-refractivity contribution is 5.79. The Labute approximate surface area is 92.8 Å². The summed E-state index contributed by atoms with van der Waals surface area (Å²) in [5.41, 5.74) is -1.94. The summed E-state index contributed by atoms with van der Waals surface area (Å²) < 4.78 is 37.5. The van der Waals surface area contributed by atoms with Crippen molar-refractivity contribution < 1.29 is 18.0 Å². The van der Waals surface area contributed by atoms with E-state index >= 15 is 0 Å². The fourth-order valence-electron chi connectivity index (χ4n) is 1.33. The van der Waals surface area contributed by atoms with Crippen molar-refractivity contribution >= 4 is 5.91 Å². The van der Waals surface area contributed by atoms with E-state index in [0.717, 1.165) is 6.42 Å². The van der Waals surface area contributed by atoms with Gasteiger partial charge in [-0.1, -0.05) is 6.92 Å². The molecule has 2 N–H and O–H groups in total. The molecule has 1 amide bonds. The second kappa shape index (κ2) is 4.61. The Morgan fingerprint density at radius 3 is 2.38 bits per heavy atom. The second-order valence-corrected chi connectivity index (χ2v) is 4.32. The van der Waals surface area contributed by atoms with Gasteiger partial charge in [-0.3, -0.25) is 4.79 Å². The Morgan fingerprint density at radius 1 is 1.44 bits per heavy atom. The third kappa shape index (κ3) is 3.10. The van der Waals surface area contributed by atoms with Crippen molar-refractivity contribution in [1.82, 2.24) is 10.6 Å². The Hall–Kier alpha value is -0.780. The number of hydrogen-bond acceptors (Lipinski definition) is 2. The minimum atomic E-state index is -4.33. The van der Waals surface area contributed by atoms with Gasteiger partial charge >= 0.3 is 6.18 Å². The maximum Gasteiger partial charge on any atom is 0.411 e. The van der Waals surface area contributed by atoms with Gasteiger partial charge in [0, 0.05) is 6.04 Å². The van der Waals surface area contributed by atoms with Gasteiger partial charge in [0.15, 0.2) is 0 Å². The summed E-state index contributed by atoms with van der Waals surface area (Å²) in [6.45, 7) is 3.75. The van der Waals surface area contributed by atoms with Crippen molar-refractivity contribution in [2.45, 2.75) is 50.9 Å². The summed E-state index contributed by atoms with van der Waals surface area (Å²) in [7, 11) is 0. The largest absolute Gasteiger partial charge is 0.411 e. The van der Waals surface area contributed by atoms with Crippen LogP contribution in [-0.2, 0) is 4.79 Å². The summed E-state index contributed by atoms with van der Waals surface area (Å²) in [5.74, 6) is -0.588. The summed E-state index contributed by atoms with van der Waals surface area (Å²) in [6, 6.07) is 0.131. The van der Waals surface area contributed by atoms with E-state index in [9.17, 15) is 18.0 Å². The van der Waals surface area contributed by atoms with Gasteiger partial charge in [0.25, 0.3) is 0 Å². The van der Waals surface area contributed by atoms with E-state index in [4.69, 9.17) is 0 Å². The number of hydrogen-bond donors (Lipinski definition) is 2. The van der Waals surface area contributed by atoms with Crippen molar-refractivity contribution in [2.24, 2.45) is 0 Å². The molecule has 1 aliphatic rings. The van der Waals surface area contributed by atoms with E-state index in [0.29, 0.717) is 0 Å². The molecule has 1 rings (SSSR count). The Balaban J connectivity index is 2.35. The molecule has 0 aromatic rings. The predicted octanol–water partition coefficient (Wildman–Crippen LogP) is 1.59. The van der Waals surface area contributed by atoms with E-state index in [1.54, 1.807) is 0 Å². The van der Waals surface area contributed by atoms with Crippen LogP contribution >= 0.6 is 0 Å². The van der Waals surface area contributed by atoms with Crippen molar-refractivity contribution in [2.75, 3.05) is 6.54 Å². The molecule has 0 heterocycles. The standard InChI is InChI=1S/C10H17F3N2O/c1-3-7(2)14-6-8(16)15-9(4-5-9)10(11,12)13/h7,14H,3-6H2,1-2H3,(H,15,16). The van der Waals surface area contributed by atoms with Crippen LogP contribution in [0.1, 0.15) is 33.1 Å². The van der Waals surface area contributed by atoms with Crippen LogP contribution < -0.4 is 10.6 Å². The molecule has 0 spiro atoms. The molecule has 16 heavy (non-hydrogen) atoms. The van der Waals surface area contributed by atoms with Crippen molar-refractivity contribution in [1.29, 1.82) is 0 Å². The highest BCUT2D eigenvalue weighted by Gasteiger charge is 2.64. The molecule has 0 bridgehead atoms. The molecular formula is C10H17F3N2O. The lowest BCUT2D eigenvalue weighted by Gasteiger charge is -2.21. The zero-order valence-corrected chi connectivity index (χ0v) is 9.45. The molecule has 1 fully saturated rings. The lowest BCUT2D eigenvalue weighted by Crippen LogP contribution is -2.50. The summed E-state index contributed by atoms with van der Waals surface area (Å²) in [6.07, 6.45) is -3.52. The molecule has 6 heteroatoms. The Kier molecular flexibility index (Phi) is 3.83. The quantitative estimate of drug-likeness (QED) is 0.763. The molecule has 0 radical (unpaired) electrons. The highest BCUT2D eigenvalue weighted by atomic mass is 19.4. The smallest absolute Gasteiger partial charge is 0.341 e. The number of nitrogens with one attached hydrogen (secondary N) is 2. The summed E-state index contributed by atoms with van der Waals surface area (Å²) >= 11 is 0.